The number of carbonyl (C=O) groups is 4. The van der Waals surface area contributed by atoms with Gasteiger partial charge in [-0.2, -0.15) is 0 Å². The van der Waals surface area contributed by atoms with Crippen LogP contribution >= 0.6 is 0 Å². The molecule has 1 aromatic carbocycles. The van der Waals surface area contributed by atoms with Gasteiger partial charge in [-0.3, -0.25) is 19.2 Å². The molecule has 0 spiro atoms. The third kappa shape index (κ3) is 7.81. The molecule has 0 unspecified atom stereocenters. The molecule has 1 aliphatic heterocycles. The highest BCUT2D eigenvalue weighted by Gasteiger charge is 2.40. The van der Waals surface area contributed by atoms with E-state index in [2.05, 4.69) is 16.0 Å². The number of primary amides is 1. The van der Waals surface area contributed by atoms with E-state index in [1.54, 1.807) is 0 Å². The zero-order chi connectivity index (χ0) is 25.5. The number of likely N-dealkylation sites (tertiary alicyclic amines) is 1. The molecule has 10 nitrogen and oxygen atoms in total. The van der Waals surface area contributed by atoms with Crippen molar-refractivity contribution in [3.05, 3.63) is 35.9 Å². The zero-order valence-corrected chi connectivity index (χ0v) is 20.3. The molecule has 0 aromatic heterocycles. The molecule has 10 heteroatoms. The van der Waals surface area contributed by atoms with Crippen molar-refractivity contribution in [1.29, 1.82) is 0 Å². The predicted molar refractivity (Wildman–Crippen MR) is 127 cm³/mol. The highest BCUT2D eigenvalue weighted by atomic mass is 16.3. The first-order chi connectivity index (χ1) is 15.9. The Labute approximate surface area is 200 Å². The quantitative estimate of drug-likeness (QED) is 0.306. The Morgan fingerprint density at radius 3 is 2.38 bits per heavy atom. The smallest absolute Gasteiger partial charge is 0.254 e. The monoisotopic (exact) mass is 475 g/mol. The normalized spacial score (nSPS) is 18.6. The van der Waals surface area contributed by atoms with Gasteiger partial charge >= 0.3 is 0 Å². The minimum absolute atomic E-state index is 0.180. The predicted octanol–water partition coefficient (Wildman–Crippen LogP) is -0.556. The molecule has 0 bridgehead atoms. The molecule has 0 aliphatic carbocycles. The van der Waals surface area contributed by atoms with Gasteiger partial charge in [0.05, 0.1) is 18.5 Å². The van der Waals surface area contributed by atoms with Crippen molar-refractivity contribution in [2.75, 3.05) is 13.6 Å². The number of amides is 4. The highest BCUT2D eigenvalue weighted by molar-refractivity contribution is 5.92. The topological polar surface area (TPSA) is 154 Å². The molecule has 1 heterocycles. The Morgan fingerprint density at radius 1 is 1.18 bits per heavy atom. The van der Waals surface area contributed by atoms with Gasteiger partial charge in [-0.25, -0.2) is 0 Å². The van der Waals surface area contributed by atoms with Crippen molar-refractivity contribution in [1.82, 2.24) is 20.9 Å². The van der Waals surface area contributed by atoms with Crippen molar-refractivity contribution in [3.8, 4) is 0 Å². The van der Waals surface area contributed by atoms with Gasteiger partial charge in [-0.05, 0) is 52.6 Å². The van der Waals surface area contributed by atoms with Crippen LogP contribution in [-0.4, -0.2) is 77.0 Å². The number of rotatable bonds is 10. The van der Waals surface area contributed by atoms with Crippen molar-refractivity contribution >= 4 is 23.6 Å². The van der Waals surface area contributed by atoms with E-state index in [0.29, 0.717) is 19.4 Å². The van der Waals surface area contributed by atoms with Crippen LogP contribution in [0, 0.1) is 0 Å². The van der Waals surface area contributed by atoms with Crippen LogP contribution in [0.2, 0.25) is 0 Å². The number of benzene rings is 1. The Bertz CT molecular complexity index is 870. The Balaban J connectivity index is 2.23. The summed E-state index contributed by atoms with van der Waals surface area (Å²) in [7, 11) is 1.52. The summed E-state index contributed by atoms with van der Waals surface area (Å²) in [6.07, 6.45) is -0.503. The van der Waals surface area contributed by atoms with Crippen LogP contribution in [0.5, 0.6) is 0 Å². The van der Waals surface area contributed by atoms with E-state index in [-0.39, 0.29) is 18.7 Å². The fraction of sp³-hybridized carbons (Fsp3) is 0.583. The summed E-state index contributed by atoms with van der Waals surface area (Å²) >= 11 is 0. The summed E-state index contributed by atoms with van der Waals surface area (Å²) in [5.74, 6) is -2.11. The maximum atomic E-state index is 13.3. The van der Waals surface area contributed by atoms with Crippen LogP contribution in [0.1, 0.15) is 45.6 Å². The van der Waals surface area contributed by atoms with E-state index in [1.165, 1.54) is 11.9 Å². The molecule has 4 atom stereocenters. The number of nitrogens with one attached hydrogen (secondary N) is 3. The summed E-state index contributed by atoms with van der Waals surface area (Å²) in [6.45, 7) is 5.91. The fourth-order valence-electron chi connectivity index (χ4n) is 4.02. The molecule has 188 valence electrons. The molecule has 1 fully saturated rings. The first kappa shape index (κ1) is 27.3. The number of likely N-dealkylation sites (N-methyl/N-ethyl adjacent to an activating group) is 1. The lowest BCUT2D eigenvalue weighted by Crippen LogP contribution is -2.58. The van der Waals surface area contributed by atoms with Crippen LogP contribution in [-0.2, 0) is 25.6 Å². The second-order valence-corrected chi connectivity index (χ2v) is 9.69. The number of nitrogens with zero attached hydrogens (tertiary/aromatic N) is 1. The summed E-state index contributed by atoms with van der Waals surface area (Å²) in [5.41, 5.74) is 5.58. The molecule has 0 saturated carbocycles. The zero-order valence-electron chi connectivity index (χ0n) is 20.3. The van der Waals surface area contributed by atoms with E-state index < -0.39 is 47.5 Å². The number of carbonyl (C=O) groups excluding carboxylic acids is 4. The van der Waals surface area contributed by atoms with E-state index in [4.69, 9.17) is 5.73 Å². The molecule has 2 rings (SSSR count). The molecule has 1 aromatic rings. The molecular weight excluding hydrogens is 438 g/mol. The van der Waals surface area contributed by atoms with Gasteiger partial charge in [0.1, 0.15) is 6.04 Å². The van der Waals surface area contributed by atoms with Crippen molar-refractivity contribution in [3.63, 3.8) is 0 Å². The average molecular weight is 476 g/mol. The molecule has 34 heavy (non-hydrogen) atoms. The summed E-state index contributed by atoms with van der Waals surface area (Å²) in [6, 6.07) is 6.56. The van der Waals surface area contributed by atoms with Gasteiger partial charge in [-0.1, -0.05) is 30.3 Å². The van der Waals surface area contributed by atoms with E-state index in [1.807, 2.05) is 51.1 Å². The Hall–Kier alpha value is -2.98. The molecule has 0 radical (unpaired) electrons. The van der Waals surface area contributed by atoms with Gasteiger partial charge < -0.3 is 31.7 Å². The van der Waals surface area contributed by atoms with E-state index in [9.17, 15) is 24.3 Å². The maximum absolute atomic E-state index is 13.3. The van der Waals surface area contributed by atoms with Gasteiger partial charge in [-0.15, -0.1) is 0 Å². The minimum atomic E-state index is -1.58. The molecule has 1 aliphatic rings. The maximum Gasteiger partial charge on any atom is 0.254 e. The van der Waals surface area contributed by atoms with Gasteiger partial charge in [0.25, 0.3) is 5.91 Å². The standard InChI is InChI=1S/C24H37N5O5/c1-24(2,3)28-22(33)18-11-8-12-29(18)23(34)20(31)16(13-15-9-6-5-7-10-15)27-21(32)17(26-4)14-19(25)30/h5-7,9-10,16-18,20,26,31H,8,11-14H2,1-4H3,(H2,25,30)(H,27,32)(H,28,33)/t16-,17-,18-,20-/m0/s1. The number of nitrogens with two attached hydrogens (primary N) is 1. The first-order valence-corrected chi connectivity index (χ1v) is 11.5. The van der Waals surface area contributed by atoms with Crippen LogP contribution in [0.15, 0.2) is 30.3 Å². The SMILES string of the molecule is CN[C@@H](CC(N)=O)C(=O)N[C@@H](Cc1ccccc1)[C@H](O)C(=O)N1CCC[C@H]1C(=O)NC(C)(C)C. The highest BCUT2D eigenvalue weighted by Crippen LogP contribution is 2.21. The third-order valence-electron chi connectivity index (χ3n) is 5.67. The van der Waals surface area contributed by atoms with Gasteiger partial charge in [0, 0.05) is 12.1 Å². The lowest BCUT2D eigenvalue weighted by Gasteiger charge is -2.32. The van der Waals surface area contributed by atoms with E-state index in [0.717, 1.165) is 5.56 Å². The lowest BCUT2D eigenvalue weighted by molar-refractivity contribution is -0.147. The fourth-order valence-corrected chi connectivity index (χ4v) is 4.02. The minimum Gasteiger partial charge on any atom is -0.381 e. The van der Waals surface area contributed by atoms with Crippen molar-refractivity contribution in [2.45, 2.75) is 76.2 Å². The average Bonchev–Trinajstić information content (AvgIpc) is 3.25. The van der Waals surface area contributed by atoms with Crippen LogP contribution in [0.3, 0.4) is 0 Å². The number of aliphatic hydroxyl groups is 1. The first-order valence-electron chi connectivity index (χ1n) is 11.5. The number of aliphatic hydroxyl groups excluding tert-OH is 1. The van der Waals surface area contributed by atoms with Crippen molar-refractivity contribution < 1.29 is 24.3 Å². The number of hydrogen-bond acceptors (Lipinski definition) is 6. The molecule has 4 amide bonds. The van der Waals surface area contributed by atoms with Crippen LogP contribution in [0.25, 0.3) is 0 Å². The molecular formula is C24H37N5O5. The summed E-state index contributed by atoms with van der Waals surface area (Å²) < 4.78 is 0. The summed E-state index contributed by atoms with van der Waals surface area (Å²) in [5, 5.41) is 19.4. The van der Waals surface area contributed by atoms with Crippen LogP contribution < -0.4 is 21.7 Å². The molecule has 6 N–H and O–H groups in total. The van der Waals surface area contributed by atoms with E-state index >= 15 is 0 Å². The Morgan fingerprint density at radius 2 is 1.82 bits per heavy atom. The molecule has 1 saturated heterocycles. The van der Waals surface area contributed by atoms with Crippen LogP contribution in [0.4, 0.5) is 0 Å². The van der Waals surface area contributed by atoms with Gasteiger partial charge in [0.2, 0.25) is 17.7 Å². The van der Waals surface area contributed by atoms with Gasteiger partial charge in [0.15, 0.2) is 6.10 Å². The largest absolute Gasteiger partial charge is 0.381 e. The summed E-state index contributed by atoms with van der Waals surface area (Å²) in [4.78, 5) is 51.6. The second kappa shape index (κ2) is 11.9. The third-order valence-corrected chi connectivity index (χ3v) is 5.67. The lowest BCUT2D eigenvalue weighted by atomic mass is 9.99. The second-order valence-electron chi connectivity index (χ2n) is 9.69. The number of hydrogen-bond donors (Lipinski definition) is 5. The van der Waals surface area contributed by atoms with Crippen molar-refractivity contribution in [2.24, 2.45) is 5.73 Å². The Kier molecular flexibility index (Phi) is 9.57.